The normalized spacial score (nSPS) is 23.2. The van der Waals surface area contributed by atoms with Gasteiger partial charge in [-0.05, 0) is 40.0 Å². The van der Waals surface area contributed by atoms with Gasteiger partial charge in [0.25, 0.3) is 0 Å². The van der Waals surface area contributed by atoms with E-state index in [1.165, 1.54) is 19.8 Å². The van der Waals surface area contributed by atoms with Gasteiger partial charge in [-0.3, -0.25) is 4.79 Å². The van der Waals surface area contributed by atoms with E-state index in [1.54, 1.807) is 6.92 Å². The van der Waals surface area contributed by atoms with Gasteiger partial charge >= 0.3 is 0 Å². The van der Waals surface area contributed by atoms with Gasteiger partial charge in [0.1, 0.15) is 5.60 Å². The number of methoxy groups -OCH3 is 2. The molecule has 1 aliphatic heterocycles. The minimum Gasteiger partial charge on any atom is -0.488 e. The van der Waals surface area contributed by atoms with Crippen LogP contribution in [0.5, 0.6) is 11.6 Å². The third kappa shape index (κ3) is 6.39. The summed E-state index contributed by atoms with van der Waals surface area (Å²) in [5, 5.41) is 10.7. The van der Waals surface area contributed by atoms with Crippen LogP contribution >= 0.6 is 0 Å². The summed E-state index contributed by atoms with van der Waals surface area (Å²) < 4.78 is 16.2. The van der Waals surface area contributed by atoms with Crippen molar-refractivity contribution in [1.82, 2.24) is 4.98 Å². The maximum absolute atomic E-state index is 12.5. The molecule has 0 aliphatic carbocycles. The highest BCUT2D eigenvalue weighted by molar-refractivity contribution is 5.40. The number of aliphatic hydroxyl groups is 1. The molecule has 184 valence electrons. The van der Waals surface area contributed by atoms with Crippen LogP contribution < -0.4 is 14.9 Å². The summed E-state index contributed by atoms with van der Waals surface area (Å²) in [6.07, 6.45) is 9.41. The fourth-order valence-corrected chi connectivity index (χ4v) is 4.38. The zero-order chi connectivity index (χ0) is 24.9. The van der Waals surface area contributed by atoms with Gasteiger partial charge in [0.2, 0.25) is 17.1 Å². The molecule has 0 bridgehead atoms. The van der Waals surface area contributed by atoms with E-state index in [-0.39, 0.29) is 23.2 Å². The molecule has 0 radical (unpaired) electrons. The highest BCUT2D eigenvalue weighted by Gasteiger charge is 2.59. The van der Waals surface area contributed by atoms with E-state index >= 15 is 0 Å². The zero-order valence-corrected chi connectivity index (χ0v) is 21.6. The molecular weight excluding hydrogens is 418 g/mol. The Morgan fingerprint density at radius 1 is 1.24 bits per heavy atom. The van der Waals surface area contributed by atoms with E-state index < -0.39 is 11.7 Å². The van der Waals surface area contributed by atoms with Crippen LogP contribution in [0.4, 0.5) is 0 Å². The van der Waals surface area contributed by atoms with Crippen molar-refractivity contribution in [2.75, 3.05) is 14.2 Å². The van der Waals surface area contributed by atoms with Crippen LogP contribution in [0.25, 0.3) is 0 Å². The van der Waals surface area contributed by atoms with Crippen LogP contribution in [0.15, 0.2) is 40.2 Å². The zero-order valence-electron chi connectivity index (χ0n) is 21.6. The molecule has 1 fully saturated rings. The van der Waals surface area contributed by atoms with Gasteiger partial charge in [0, 0.05) is 23.6 Å². The van der Waals surface area contributed by atoms with Crippen molar-refractivity contribution in [3.8, 4) is 11.6 Å². The molecule has 0 unspecified atom stereocenters. The second-order valence-electron chi connectivity index (χ2n) is 9.67. The Morgan fingerprint density at radius 3 is 2.45 bits per heavy atom. The lowest BCUT2D eigenvalue weighted by Gasteiger charge is -2.21. The van der Waals surface area contributed by atoms with Crippen molar-refractivity contribution in [2.45, 2.75) is 79.1 Å². The molecule has 4 atom stereocenters. The Balaban J connectivity index is 1.97. The molecule has 33 heavy (non-hydrogen) atoms. The highest BCUT2D eigenvalue weighted by Crippen LogP contribution is 2.45. The minimum absolute atomic E-state index is 0.00453. The average molecular weight is 460 g/mol. The van der Waals surface area contributed by atoms with Crippen molar-refractivity contribution < 1.29 is 19.3 Å². The summed E-state index contributed by atoms with van der Waals surface area (Å²) in [4.78, 5) is 15.6. The van der Waals surface area contributed by atoms with Gasteiger partial charge in [-0.25, -0.2) is 0 Å². The highest BCUT2D eigenvalue weighted by atomic mass is 16.6. The van der Waals surface area contributed by atoms with Crippen molar-refractivity contribution in [1.29, 1.82) is 0 Å². The molecule has 2 rings (SSSR count). The number of epoxide rings is 1. The molecule has 0 spiro atoms. The summed E-state index contributed by atoms with van der Waals surface area (Å²) in [6, 6.07) is 0. The molecular formula is C27H41NO5. The molecule has 2 heterocycles. The van der Waals surface area contributed by atoms with Crippen LogP contribution in [-0.4, -0.2) is 42.1 Å². The van der Waals surface area contributed by atoms with Crippen molar-refractivity contribution in [2.24, 2.45) is 11.8 Å². The van der Waals surface area contributed by atoms with Gasteiger partial charge in [0.05, 0.1) is 26.4 Å². The van der Waals surface area contributed by atoms with E-state index in [4.69, 9.17) is 14.2 Å². The van der Waals surface area contributed by atoms with E-state index in [9.17, 15) is 9.90 Å². The molecule has 2 N–H and O–H groups in total. The molecule has 6 heteroatoms. The van der Waals surface area contributed by atoms with Gasteiger partial charge in [0.15, 0.2) is 0 Å². The lowest BCUT2D eigenvalue weighted by molar-refractivity contribution is 0.0563. The van der Waals surface area contributed by atoms with E-state index in [1.807, 2.05) is 20.8 Å². The molecule has 1 aliphatic rings. The first-order valence-electron chi connectivity index (χ1n) is 11.7. The molecule has 1 aromatic rings. The second-order valence-corrected chi connectivity index (χ2v) is 9.67. The van der Waals surface area contributed by atoms with E-state index in [2.05, 4.69) is 50.1 Å². The van der Waals surface area contributed by atoms with E-state index in [0.29, 0.717) is 23.8 Å². The summed E-state index contributed by atoms with van der Waals surface area (Å²) in [5.74, 6) is 0.948. The maximum atomic E-state index is 12.5. The van der Waals surface area contributed by atoms with Gasteiger partial charge in [-0.15, -0.1) is 0 Å². The van der Waals surface area contributed by atoms with E-state index in [0.717, 1.165) is 17.7 Å². The number of hydrogen-bond donors (Lipinski definition) is 2. The smallest absolute Gasteiger partial charge is 0.238 e. The van der Waals surface area contributed by atoms with Crippen molar-refractivity contribution in [3.05, 3.63) is 56.9 Å². The second kappa shape index (κ2) is 11.2. The van der Waals surface area contributed by atoms with Crippen molar-refractivity contribution in [3.63, 3.8) is 0 Å². The number of ether oxygens (including phenoxy) is 3. The van der Waals surface area contributed by atoms with Crippen molar-refractivity contribution >= 4 is 0 Å². The fourth-order valence-electron chi connectivity index (χ4n) is 4.38. The Morgan fingerprint density at radius 2 is 1.91 bits per heavy atom. The predicted molar refractivity (Wildman–Crippen MR) is 133 cm³/mol. The lowest BCUT2D eigenvalue weighted by Crippen LogP contribution is -2.35. The van der Waals surface area contributed by atoms with Crippen LogP contribution in [0, 0.1) is 18.8 Å². The molecule has 0 aromatic carbocycles. The van der Waals surface area contributed by atoms with Gasteiger partial charge < -0.3 is 24.3 Å². The maximum Gasteiger partial charge on any atom is 0.238 e. The van der Waals surface area contributed by atoms with Crippen LogP contribution in [0.3, 0.4) is 0 Å². The largest absolute Gasteiger partial charge is 0.488 e. The van der Waals surface area contributed by atoms with Crippen LogP contribution in [-0.2, 0) is 11.2 Å². The Labute approximate surface area is 198 Å². The van der Waals surface area contributed by atoms with Crippen LogP contribution in [0.1, 0.15) is 59.2 Å². The number of rotatable bonds is 11. The summed E-state index contributed by atoms with van der Waals surface area (Å²) in [6.45, 7) is 14.2. The Hall–Kier alpha value is -2.31. The average Bonchev–Trinajstić information content (AvgIpc) is 3.47. The van der Waals surface area contributed by atoms with Gasteiger partial charge in [-0.2, -0.15) is 0 Å². The fraction of sp³-hybridized carbons (Fsp3) is 0.593. The summed E-state index contributed by atoms with van der Waals surface area (Å²) in [5.41, 5.74) is 3.15. The SMILES string of the molecule is COc1[nH]c(CC=C(C)CC=CC(C)=C[C@@H](C)[C@@H](O)[C@@]2(C)O[C@@H]2C(C)C)c(C)c(=O)c1OC. The molecule has 1 saturated heterocycles. The summed E-state index contributed by atoms with van der Waals surface area (Å²) in [7, 11) is 2.97. The molecule has 1 aromatic heterocycles. The number of hydrogen-bond acceptors (Lipinski definition) is 5. The quantitative estimate of drug-likeness (QED) is 0.280. The molecule has 6 nitrogen and oxygen atoms in total. The topological polar surface area (TPSA) is 84.1 Å². The lowest BCUT2D eigenvalue weighted by atomic mass is 9.86. The third-order valence-corrected chi connectivity index (χ3v) is 6.46. The standard InChI is InChI=1S/C27H41NO5/c1-16(2)25-27(7,33-25)24(30)19(5)15-18(4)12-10-11-17(3)13-14-21-20(6)22(29)23(31-8)26(28-21)32-9/h10,12-13,15-16,19,24-25,30H,11,14H2,1-9H3,(H,28,29)/t19-,24-,25-,27-/m1/s1. The number of pyridine rings is 1. The minimum atomic E-state index is -0.526. The predicted octanol–water partition coefficient (Wildman–Crippen LogP) is 4.89. The first-order valence-corrected chi connectivity index (χ1v) is 11.7. The molecule has 0 saturated carbocycles. The monoisotopic (exact) mass is 459 g/mol. The Kier molecular flexibility index (Phi) is 9.15. The number of H-pyrrole nitrogens is 1. The first kappa shape index (κ1) is 26.9. The number of nitrogens with one attached hydrogen (secondary N) is 1. The number of allylic oxidation sites excluding steroid dienone is 5. The third-order valence-electron chi connectivity index (χ3n) is 6.46. The summed E-state index contributed by atoms with van der Waals surface area (Å²) >= 11 is 0. The molecule has 0 amide bonds. The number of aromatic amines is 1. The van der Waals surface area contributed by atoms with Crippen LogP contribution in [0.2, 0.25) is 0 Å². The first-order chi connectivity index (χ1) is 15.5. The number of aliphatic hydroxyl groups excluding tert-OH is 1. The van der Waals surface area contributed by atoms with Gasteiger partial charge in [-0.1, -0.05) is 56.2 Å². The number of aromatic nitrogens is 1. The Bertz CT molecular complexity index is 971.